The number of aryl methyl sites for hydroxylation is 1. The highest BCUT2D eigenvalue weighted by Gasteiger charge is 2.23. The number of aromatic nitrogens is 2. The molecule has 0 spiro atoms. The summed E-state index contributed by atoms with van der Waals surface area (Å²) in [7, 11) is 0. The first-order valence-electron chi connectivity index (χ1n) is 4.38. The van der Waals surface area contributed by atoms with E-state index in [9.17, 15) is 0 Å². The molecule has 2 nitrogen and oxygen atoms in total. The van der Waals surface area contributed by atoms with Crippen molar-refractivity contribution < 1.29 is 0 Å². The maximum atomic E-state index is 4.46. The largest absolute Gasteiger partial charge is 0.258 e. The number of hydrogen-bond acceptors (Lipinski definition) is 1. The summed E-state index contributed by atoms with van der Waals surface area (Å²) in [6.07, 6.45) is 2.76. The molecule has 1 aliphatic carbocycles. The van der Waals surface area contributed by atoms with Gasteiger partial charge < -0.3 is 0 Å². The van der Waals surface area contributed by atoms with E-state index in [1.807, 2.05) is 0 Å². The topological polar surface area (TPSA) is 17.8 Å². The second-order valence-electron chi connectivity index (χ2n) is 3.63. The Labute approximate surface area is 81.1 Å². The van der Waals surface area contributed by atoms with Crippen LogP contribution in [-0.2, 0) is 6.54 Å². The van der Waals surface area contributed by atoms with Crippen molar-refractivity contribution in [2.75, 3.05) is 0 Å². The Balaban J connectivity index is 2.23. The zero-order valence-corrected chi connectivity index (χ0v) is 9.06. The average Bonchev–Trinajstić information content (AvgIpc) is 2.80. The van der Waals surface area contributed by atoms with Crippen molar-refractivity contribution in [1.29, 1.82) is 0 Å². The molecule has 0 saturated heterocycles. The Morgan fingerprint density at radius 3 is 2.58 bits per heavy atom. The van der Waals surface area contributed by atoms with E-state index in [0.29, 0.717) is 0 Å². The van der Waals surface area contributed by atoms with Crippen molar-refractivity contribution in [3.05, 3.63) is 15.9 Å². The monoisotopic (exact) mass is 228 g/mol. The van der Waals surface area contributed by atoms with Gasteiger partial charge in [0, 0.05) is 12.1 Å². The lowest BCUT2D eigenvalue weighted by Gasteiger charge is -2.00. The molecule has 0 radical (unpaired) electrons. The van der Waals surface area contributed by atoms with Crippen LogP contribution >= 0.6 is 15.9 Å². The van der Waals surface area contributed by atoms with Crippen LogP contribution in [0.15, 0.2) is 4.60 Å². The van der Waals surface area contributed by atoms with Gasteiger partial charge in [0.2, 0.25) is 0 Å². The van der Waals surface area contributed by atoms with Gasteiger partial charge in [-0.15, -0.1) is 0 Å². The standard InChI is InChI=1S/C9H13BrN2/c1-6-7(2)11-12(9(6)10)5-8-3-4-8/h8H,3-5H2,1-2H3. The van der Waals surface area contributed by atoms with Crippen LogP contribution in [-0.4, -0.2) is 9.78 Å². The number of halogens is 1. The molecule has 1 aliphatic rings. The summed E-state index contributed by atoms with van der Waals surface area (Å²) < 4.78 is 3.24. The number of hydrogen-bond donors (Lipinski definition) is 0. The Morgan fingerprint density at radius 2 is 2.17 bits per heavy atom. The fourth-order valence-electron chi connectivity index (χ4n) is 1.31. The lowest BCUT2D eigenvalue weighted by Crippen LogP contribution is -2.02. The third kappa shape index (κ3) is 1.42. The minimum atomic E-state index is 0.889. The molecule has 1 aromatic rings. The highest BCUT2D eigenvalue weighted by molar-refractivity contribution is 9.10. The smallest absolute Gasteiger partial charge is 0.107 e. The molecule has 0 atom stereocenters. The Bertz CT molecular complexity index is 300. The quantitative estimate of drug-likeness (QED) is 0.762. The van der Waals surface area contributed by atoms with E-state index in [4.69, 9.17) is 0 Å². The van der Waals surface area contributed by atoms with E-state index >= 15 is 0 Å². The van der Waals surface area contributed by atoms with E-state index in [0.717, 1.165) is 22.8 Å². The lowest BCUT2D eigenvalue weighted by atomic mass is 10.3. The highest BCUT2D eigenvalue weighted by atomic mass is 79.9. The van der Waals surface area contributed by atoms with Crippen LogP contribution < -0.4 is 0 Å². The van der Waals surface area contributed by atoms with Crippen LogP contribution in [0.4, 0.5) is 0 Å². The molecule has 2 rings (SSSR count). The maximum Gasteiger partial charge on any atom is 0.107 e. The molecule has 0 N–H and O–H groups in total. The van der Waals surface area contributed by atoms with Crippen LogP contribution in [0.1, 0.15) is 24.1 Å². The summed E-state index contributed by atoms with van der Waals surface area (Å²) in [5.41, 5.74) is 2.41. The zero-order chi connectivity index (χ0) is 8.72. The van der Waals surface area contributed by atoms with E-state index in [-0.39, 0.29) is 0 Å². The number of nitrogens with zero attached hydrogens (tertiary/aromatic N) is 2. The van der Waals surface area contributed by atoms with Gasteiger partial charge in [-0.1, -0.05) is 0 Å². The second kappa shape index (κ2) is 2.87. The number of rotatable bonds is 2. The summed E-state index contributed by atoms with van der Waals surface area (Å²) in [6.45, 7) is 5.26. The fourth-order valence-corrected chi connectivity index (χ4v) is 1.82. The minimum Gasteiger partial charge on any atom is -0.258 e. The van der Waals surface area contributed by atoms with Crippen molar-refractivity contribution >= 4 is 15.9 Å². The normalized spacial score (nSPS) is 16.9. The van der Waals surface area contributed by atoms with E-state index in [2.05, 4.69) is 39.6 Å². The van der Waals surface area contributed by atoms with Crippen LogP contribution in [0.3, 0.4) is 0 Å². The first-order chi connectivity index (χ1) is 5.68. The van der Waals surface area contributed by atoms with Crippen LogP contribution in [0.2, 0.25) is 0 Å². The van der Waals surface area contributed by atoms with Gasteiger partial charge in [-0.3, -0.25) is 4.68 Å². The molecule has 1 fully saturated rings. The molecule has 3 heteroatoms. The molecule has 0 aromatic carbocycles. The van der Waals surface area contributed by atoms with E-state index in [1.54, 1.807) is 0 Å². The first kappa shape index (κ1) is 8.30. The second-order valence-corrected chi connectivity index (χ2v) is 4.38. The van der Waals surface area contributed by atoms with E-state index < -0.39 is 0 Å². The van der Waals surface area contributed by atoms with E-state index in [1.165, 1.54) is 18.4 Å². The first-order valence-corrected chi connectivity index (χ1v) is 5.17. The van der Waals surface area contributed by atoms with Gasteiger partial charge in [0.1, 0.15) is 4.60 Å². The third-order valence-electron chi connectivity index (χ3n) is 2.48. The molecule has 12 heavy (non-hydrogen) atoms. The predicted octanol–water partition coefficient (Wildman–Crippen LogP) is 2.67. The summed E-state index contributed by atoms with van der Waals surface area (Å²) >= 11 is 3.56. The average molecular weight is 229 g/mol. The van der Waals surface area contributed by atoms with Crippen molar-refractivity contribution in [1.82, 2.24) is 9.78 Å². The van der Waals surface area contributed by atoms with Gasteiger partial charge in [0.15, 0.2) is 0 Å². The summed E-state index contributed by atoms with van der Waals surface area (Å²) in [4.78, 5) is 0. The van der Waals surface area contributed by atoms with Gasteiger partial charge in [-0.2, -0.15) is 5.10 Å². The summed E-state index contributed by atoms with van der Waals surface area (Å²) in [5, 5.41) is 4.46. The molecular weight excluding hydrogens is 216 g/mol. The van der Waals surface area contributed by atoms with Crippen LogP contribution in [0.5, 0.6) is 0 Å². The van der Waals surface area contributed by atoms with Crippen molar-refractivity contribution in [2.45, 2.75) is 33.2 Å². The Hall–Kier alpha value is -0.310. The molecule has 1 saturated carbocycles. The molecule has 0 unspecified atom stereocenters. The van der Waals surface area contributed by atoms with Crippen molar-refractivity contribution in [3.8, 4) is 0 Å². The Morgan fingerprint density at radius 1 is 1.50 bits per heavy atom. The molecule has 1 heterocycles. The maximum absolute atomic E-state index is 4.46. The van der Waals surface area contributed by atoms with Gasteiger partial charge in [-0.25, -0.2) is 0 Å². The predicted molar refractivity (Wildman–Crippen MR) is 52.1 cm³/mol. The summed E-state index contributed by atoms with van der Waals surface area (Å²) in [5.74, 6) is 0.889. The molecule has 66 valence electrons. The minimum absolute atomic E-state index is 0.889. The lowest BCUT2D eigenvalue weighted by molar-refractivity contribution is 0.549. The fraction of sp³-hybridized carbons (Fsp3) is 0.667. The zero-order valence-electron chi connectivity index (χ0n) is 7.47. The molecular formula is C9H13BrN2. The summed E-state index contributed by atoms with van der Waals surface area (Å²) in [6, 6.07) is 0. The Kier molecular flexibility index (Phi) is 1.99. The van der Waals surface area contributed by atoms with Gasteiger partial charge in [0.05, 0.1) is 5.69 Å². The van der Waals surface area contributed by atoms with Gasteiger partial charge >= 0.3 is 0 Å². The van der Waals surface area contributed by atoms with Crippen molar-refractivity contribution in [2.24, 2.45) is 5.92 Å². The third-order valence-corrected chi connectivity index (χ3v) is 3.48. The van der Waals surface area contributed by atoms with Gasteiger partial charge in [-0.05, 0) is 48.5 Å². The molecule has 1 aromatic heterocycles. The molecule has 0 amide bonds. The SMILES string of the molecule is Cc1nn(CC2CC2)c(Br)c1C. The van der Waals surface area contributed by atoms with Gasteiger partial charge in [0.25, 0.3) is 0 Å². The molecule has 0 aliphatic heterocycles. The van der Waals surface area contributed by atoms with Crippen LogP contribution in [0.25, 0.3) is 0 Å². The van der Waals surface area contributed by atoms with Crippen molar-refractivity contribution in [3.63, 3.8) is 0 Å². The highest BCUT2D eigenvalue weighted by Crippen LogP contribution is 2.32. The van der Waals surface area contributed by atoms with Crippen LogP contribution in [0, 0.1) is 19.8 Å². The molecule has 0 bridgehead atoms.